The van der Waals surface area contributed by atoms with Crippen molar-refractivity contribution in [3.05, 3.63) is 95.6 Å². The number of benzene rings is 3. The monoisotopic (exact) mass is 328 g/mol. The number of nitrogens with zero attached hydrogens (tertiary/aromatic N) is 1. The van der Waals surface area contributed by atoms with Crippen molar-refractivity contribution in [3.63, 3.8) is 0 Å². The predicted octanol–water partition coefficient (Wildman–Crippen LogP) is 5.33. The first-order valence-corrected chi connectivity index (χ1v) is 8.20. The van der Waals surface area contributed by atoms with Crippen molar-refractivity contribution < 1.29 is 4.79 Å². The molecule has 0 aliphatic heterocycles. The van der Waals surface area contributed by atoms with E-state index >= 15 is 0 Å². The predicted molar refractivity (Wildman–Crippen MR) is 104 cm³/mol. The fourth-order valence-corrected chi connectivity index (χ4v) is 2.38. The van der Waals surface area contributed by atoms with E-state index in [1.54, 1.807) is 12.1 Å². The van der Waals surface area contributed by atoms with E-state index in [1.165, 1.54) is 0 Å². The summed E-state index contributed by atoms with van der Waals surface area (Å²) in [6.45, 7) is 4.05. The van der Waals surface area contributed by atoms with Gasteiger partial charge in [0.1, 0.15) is 0 Å². The van der Waals surface area contributed by atoms with Gasteiger partial charge in [-0.2, -0.15) is 0 Å². The van der Waals surface area contributed by atoms with Gasteiger partial charge in [0.25, 0.3) is 0 Å². The van der Waals surface area contributed by atoms with Crippen LogP contribution in [0.5, 0.6) is 0 Å². The van der Waals surface area contributed by atoms with E-state index in [1.807, 2.05) is 80.6 Å². The van der Waals surface area contributed by atoms with Gasteiger partial charge in [0, 0.05) is 11.3 Å². The summed E-state index contributed by atoms with van der Waals surface area (Å²) in [5.74, 6) is 0.167. The first kappa shape index (κ1) is 16.7. The molecule has 3 rings (SSSR count). The molecule has 0 unspecified atom stereocenters. The molecule has 3 aromatic rings. The number of hydrogen-bond acceptors (Lipinski definition) is 2. The molecule has 0 aliphatic carbocycles. The molecule has 25 heavy (non-hydrogen) atoms. The van der Waals surface area contributed by atoms with Crippen molar-refractivity contribution in [1.29, 1.82) is 0 Å². The maximum Gasteiger partial charge on any atom is 0.228 e. The van der Waals surface area contributed by atoms with Crippen LogP contribution in [0, 0.1) is 13.8 Å². The van der Waals surface area contributed by atoms with Crippen molar-refractivity contribution in [2.24, 2.45) is 4.99 Å². The first-order chi connectivity index (χ1) is 12.1. The molecule has 0 saturated heterocycles. The third-order valence-corrected chi connectivity index (χ3v) is 3.84. The fraction of sp³-hybridized carbons (Fsp3) is 0.0909. The topological polar surface area (TPSA) is 41.5 Å². The van der Waals surface area contributed by atoms with E-state index in [4.69, 9.17) is 0 Å². The zero-order chi connectivity index (χ0) is 17.6. The molecule has 3 heteroatoms. The maximum absolute atomic E-state index is 12.9. The number of Topliss-reactive ketones (excluding diaryl/α,β-unsaturated/α-hetero) is 1. The number of amidine groups is 1. The van der Waals surface area contributed by atoms with E-state index in [9.17, 15) is 4.79 Å². The number of anilines is 1. The Hall–Kier alpha value is -3.20. The molecule has 0 aliphatic rings. The molecule has 0 fully saturated rings. The minimum absolute atomic E-state index is 0.137. The second-order valence-electron chi connectivity index (χ2n) is 5.98. The Morgan fingerprint density at radius 2 is 1.32 bits per heavy atom. The SMILES string of the molecule is Cc1ccc(N=C(Nc2ccc(C)cc2)C(=O)c2ccccc2)cc1. The minimum Gasteiger partial charge on any atom is -0.337 e. The van der Waals surface area contributed by atoms with Crippen LogP contribution in [0.2, 0.25) is 0 Å². The van der Waals surface area contributed by atoms with Crippen LogP contribution in [0.1, 0.15) is 21.5 Å². The molecular weight excluding hydrogens is 308 g/mol. The molecule has 3 aromatic carbocycles. The van der Waals surface area contributed by atoms with Crippen LogP contribution < -0.4 is 5.32 Å². The molecule has 0 radical (unpaired) electrons. The average Bonchev–Trinajstić information content (AvgIpc) is 2.65. The van der Waals surface area contributed by atoms with Gasteiger partial charge < -0.3 is 5.32 Å². The van der Waals surface area contributed by atoms with Crippen LogP contribution in [0.15, 0.2) is 83.9 Å². The standard InChI is InChI=1S/C22H20N2O/c1-16-8-12-19(13-9-16)23-22(21(25)18-6-4-3-5-7-18)24-20-14-10-17(2)11-15-20/h3-15H,1-2H3,(H,23,24). The Balaban J connectivity index is 1.96. The van der Waals surface area contributed by atoms with Crippen LogP contribution in [-0.2, 0) is 0 Å². The summed E-state index contributed by atoms with van der Waals surface area (Å²) in [6, 6.07) is 24.8. The van der Waals surface area contributed by atoms with Crippen molar-refractivity contribution in [2.45, 2.75) is 13.8 Å². The lowest BCUT2D eigenvalue weighted by molar-refractivity contribution is 0.106. The molecule has 0 saturated carbocycles. The largest absolute Gasteiger partial charge is 0.337 e. The van der Waals surface area contributed by atoms with Gasteiger partial charge in [-0.15, -0.1) is 0 Å². The normalized spacial score (nSPS) is 11.2. The molecule has 0 atom stereocenters. The molecule has 0 bridgehead atoms. The molecule has 124 valence electrons. The van der Waals surface area contributed by atoms with E-state index < -0.39 is 0 Å². The zero-order valence-corrected chi connectivity index (χ0v) is 14.4. The molecule has 1 N–H and O–H groups in total. The average molecular weight is 328 g/mol. The molecule has 0 aromatic heterocycles. The molecule has 0 heterocycles. The lowest BCUT2D eigenvalue weighted by Crippen LogP contribution is -2.23. The van der Waals surface area contributed by atoms with Gasteiger partial charge in [0.05, 0.1) is 5.69 Å². The van der Waals surface area contributed by atoms with Crippen molar-refractivity contribution in [3.8, 4) is 0 Å². The summed E-state index contributed by atoms with van der Waals surface area (Å²) in [4.78, 5) is 17.4. The van der Waals surface area contributed by atoms with Gasteiger partial charge in [0.15, 0.2) is 5.84 Å². The van der Waals surface area contributed by atoms with Crippen LogP contribution in [0.25, 0.3) is 0 Å². The quantitative estimate of drug-likeness (QED) is 0.399. The van der Waals surface area contributed by atoms with Gasteiger partial charge in [-0.1, -0.05) is 65.7 Å². The van der Waals surface area contributed by atoms with Gasteiger partial charge in [-0.3, -0.25) is 4.79 Å². The van der Waals surface area contributed by atoms with E-state index in [0.29, 0.717) is 11.4 Å². The summed E-state index contributed by atoms with van der Waals surface area (Å²) >= 11 is 0. The van der Waals surface area contributed by atoms with Crippen LogP contribution >= 0.6 is 0 Å². The van der Waals surface area contributed by atoms with Crippen LogP contribution in [0.3, 0.4) is 0 Å². The number of ketones is 1. The smallest absolute Gasteiger partial charge is 0.228 e. The fourth-order valence-electron chi connectivity index (χ4n) is 2.38. The molecule has 0 spiro atoms. The van der Waals surface area contributed by atoms with E-state index in [-0.39, 0.29) is 5.78 Å². The number of carbonyl (C=O) groups excluding carboxylic acids is 1. The Labute approximate surface area is 148 Å². The van der Waals surface area contributed by atoms with Gasteiger partial charge >= 0.3 is 0 Å². The van der Waals surface area contributed by atoms with Gasteiger partial charge in [0.2, 0.25) is 5.78 Å². The second-order valence-corrected chi connectivity index (χ2v) is 5.98. The Bertz CT molecular complexity index is 880. The summed E-state index contributed by atoms with van der Waals surface area (Å²) in [5, 5.41) is 3.17. The highest BCUT2D eigenvalue weighted by atomic mass is 16.1. The number of nitrogens with one attached hydrogen (secondary N) is 1. The number of aliphatic imine (C=N–C) groups is 1. The van der Waals surface area contributed by atoms with E-state index in [0.717, 1.165) is 22.5 Å². The minimum atomic E-state index is -0.137. The lowest BCUT2D eigenvalue weighted by atomic mass is 10.1. The van der Waals surface area contributed by atoms with Crippen LogP contribution in [-0.4, -0.2) is 11.6 Å². The number of aryl methyl sites for hydroxylation is 2. The Kier molecular flexibility index (Phi) is 5.05. The highest BCUT2D eigenvalue weighted by molar-refractivity contribution is 6.49. The molecule has 3 nitrogen and oxygen atoms in total. The summed E-state index contributed by atoms with van der Waals surface area (Å²) < 4.78 is 0. The number of hydrogen-bond donors (Lipinski definition) is 1. The second kappa shape index (κ2) is 7.58. The van der Waals surface area contributed by atoms with E-state index in [2.05, 4.69) is 10.3 Å². The zero-order valence-electron chi connectivity index (χ0n) is 14.4. The lowest BCUT2D eigenvalue weighted by Gasteiger charge is -2.10. The van der Waals surface area contributed by atoms with Gasteiger partial charge in [-0.25, -0.2) is 4.99 Å². The number of rotatable bonds is 4. The van der Waals surface area contributed by atoms with Crippen molar-refractivity contribution in [2.75, 3.05) is 5.32 Å². The summed E-state index contributed by atoms with van der Waals surface area (Å²) in [6.07, 6.45) is 0. The highest BCUT2D eigenvalue weighted by Crippen LogP contribution is 2.16. The third kappa shape index (κ3) is 4.42. The first-order valence-electron chi connectivity index (χ1n) is 8.20. The number of carbonyl (C=O) groups is 1. The van der Waals surface area contributed by atoms with Crippen LogP contribution in [0.4, 0.5) is 11.4 Å². The maximum atomic E-state index is 12.9. The summed E-state index contributed by atoms with van der Waals surface area (Å²) in [5.41, 5.74) is 4.50. The molecular formula is C22H20N2O. The van der Waals surface area contributed by atoms with Crippen molar-refractivity contribution >= 4 is 23.0 Å². The Morgan fingerprint density at radius 3 is 1.92 bits per heavy atom. The van der Waals surface area contributed by atoms with Crippen molar-refractivity contribution in [1.82, 2.24) is 0 Å². The Morgan fingerprint density at radius 1 is 0.760 bits per heavy atom. The van der Waals surface area contributed by atoms with Gasteiger partial charge in [-0.05, 0) is 38.1 Å². The summed E-state index contributed by atoms with van der Waals surface area (Å²) in [7, 11) is 0. The molecule has 0 amide bonds. The third-order valence-electron chi connectivity index (χ3n) is 3.84. The highest BCUT2D eigenvalue weighted by Gasteiger charge is 2.14.